The first-order chi connectivity index (χ1) is 7.68. The van der Waals surface area contributed by atoms with E-state index in [1.165, 1.54) is 17.6 Å². The first-order valence-electron chi connectivity index (χ1n) is 4.64. The van der Waals surface area contributed by atoms with E-state index in [0.29, 0.717) is 12.0 Å². The quantitative estimate of drug-likeness (QED) is 0.920. The second-order valence-electron chi connectivity index (χ2n) is 3.34. The molecule has 1 atom stereocenters. The van der Waals surface area contributed by atoms with Crippen LogP contribution in [-0.2, 0) is 6.42 Å². The molecule has 0 fully saturated rings. The summed E-state index contributed by atoms with van der Waals surface area (Å²) in [6.07, 6.45) is 1.98. The van der Waals surface area contributed by atoms with Gasteiger partial charge in [0.25, 0.3) is 0 Å². The number of aromatic nitrogens is 2. The highest BCUT2D eigenvalue weighted by atomic mass is 35.5. The lowest BCUT2D eigenvalue weighted by atomic mass is 10.1. The fourth-order valence-corrected chi connectivity index (χ4v) is 2.08. The molecule has 6 heteroatoms. The molecule has 1 heterocycles. The van der Waals surface area contributed by atoms with Crippen molar-refractivity contribution in [2.75, 3.05) is 0 Å². The van der Waals surface area contributed by atoms with Crippen molar-refractivity contribution in [3.05, 3.63) is 45.7 Å². The first-order valence-corrected chi connectivity index (χ1v) is 5.79. The second-order valence-corrected chi connectivity index (χ2v) is 4.57. The van der Waals surface area contributed by atoms with E-state index in [1.807, 2.05) is 0 Å². The van der Waals surface area contributed by atoms with E-state index in [9.17, 15) is 4.39 Å². The number of hydrogen-bond acceptors (Lipinski definition) is 4. The van der Waals surface area contributed by atoms with Crippen LogP contribution in [0.5, 0.6) is 0 Å². The molecule has 0 spiro atoms. The van der Waals surface area contributed by atoms with Crippen molar-refractivity contribution in [2.45, 2.75) is 12.5 Å². The maximum absolute atomic E-state index is 13.6. The van der Waals surface area contributed by atoms with Crippen molar-refractivity contribution >= 4 is 23.1 Å². The van der Waals surface area contributed by atoms with Crippen LogP contribution < -0.4 is 5.73 Å². The molecule has 0 radical (unpaired) electrons. The van der Waals surface area contributed by atoms with Crippen LogP contribution in [0.15, 0.2) is 24.4 Å². The van der Waals surface area contributed by atoms with Crippen LogP contribution in [0.3, 0.4) is 0 Å². The number of nitrogens with zero attached hydrogens (tertiary/aromatic N) is 2. The topological polar surface area (TPSA) is 51.8 Å². The standard InChI is InChI=1S/C10H9ClFN3S/c11-7-3-1-2-6(10(7)12)4-8(13)9-5-14-15-16-9/h1-3,5,8H,4,13H2. The van der Waals surface area contributed by atoms with Crippen molar-refractivity contribution < 1.29 is 4.39 Å². The number of halogens is 2. The van der Waals surface area contributed by atoms with Crippen LogP contribution in [0, 0.1) is 5.82 Å². The highest BCUT2D eigenvalue weighted by molar-refractivity contribution is 7.05. The molecule has 0 saturated carbocycles. The maximum Gasteiger partial charge on any atom is 0.145 e. The summed E-state index contributed by atoms with van der Waals surface area (Å²) >= 11 is 6.90. The SMILES string of the molecule is NC(Cc1cccc(Cl)c1F)c1cnns1. The van der Waals surface area contributed by atoms with Crippen molar-refractivity contribution in [2.24, 2.45) is 5.73 Å². The molecule has 16 heavy (non-hydrogen) atoms. The highest BCUT2D eigenvalue weighted by Gasteiger charge is 2.13. The van der Waals surface area contributed by atoms with E-state index < -0.39 is 5.82 Å². The van der Waals surface area contributed by atoms with Crippen molar-refractivity contribution in [3.63, 3.8) is 0 Å². The third-order valence-electron chi connectivity index (χ3n) is 2.22. The van der Waals surface area contributed by atoms with Crippen LogP contribution in [0.25, 0.3) is 0 Å². The smallest absolute Gasteiger partial charge is 0.145 e. The molecule has 0 saturated heterocycles. The molecule has 2 rings (SSSR count). The Hall–Kier alpha value is -1.04. The van der Waals surface area contributed by atoms with Crippen LogP contribution in [-0.4, -0.2) is 9.59 Å². The lowest BCUT2D eigenvalue weighted by Gasteiger charge is -2.09. The van der Waals surface area contributed by atoms with E-state index >= 15 is 0 Å². The number of rotatable bonds is 3. The van der Waals surface area contributed by atoms with Gasteiger partial charge in [-0.15, -0.1) is 5.10 Å². The summed E-state index contributed by atoms with van der Waals surface area (Å²) in [6, 6.07) is 4.60. The molecule has 0 aliphatic rings. The van der Waals surface area contributed by atoms with Gasteiger partial charge < -0.3 is 5.73 Å². The van der Waals surface area contributed by atoms with Gasteiger partial charge in [0.15, 0.2) is 0 Å². The van der Waals surface area contributed by atoms with Gasteiger partial charge >= 0.3 is 0 Å². The zero-order chi connectivity index (χ0) is 11.5. The molecule has 2 N–H and O–H groups in total. The molecule has 0 aliphatic heterocycles. The van der Waals surface area contributed by atoms with Crippen LogP contribution >= 0.6 is 23.1 Å². The molecular formula is C10H9ClFN3S. The summed E-state index contributed by atoms with van der Waals surface area (Å²) in [6.45, 7) is 0. The normalized spacial score (nSPS) is 12.7. The van der Waals surface area contributed by atoms with E-state index in [2.05, 4.69) is 9.59 Å². The van der Waals surface area contributed by atoms with Gasteiger partial charge in [-0.3, -0.25) is 0 Å². The zero-order valence-electron chi connectivity index (χ0n) is 8.23. The van der Waals surface area contributed by atoms with Gasteiger partial charge in [0.1, 0.15) is 5.82 Å². The zero-order valence-corrected chi connectivity index (χ0v) is 9.80. The minimum Gasteiger partial charge on any atom is -0.323 e. The minimum atomic E-state index is -0.405. The van der Waals surface area contributed by atoms with Crippen molar-refractivity contribution in [3.8, 4) is 0 Å². The average Bonchev–Trinajstić information content (AvgIpc) is 2.78. The monoisotopic (exact) mass is 257 g/mol. The van der Waals surface area contributed by atoms with Crippen LogP contribution in [0.1, 0.15) is 16.5 Å². The van der Waals surface area contributed by atoms with Gasteiger partial charge in [0.2, 0.25) is 0 Å². The molecule has 1 unspecified atom stereocenters. The Morgan fingerprint density at radius 3 is 3.00 bits per heavy atom. The van der Waals surface area contributed by atoms with Crippen LogP contribution in [0.4, 0.5) is 4.39 Å². The molecule has 0 aliphatic carbocycles. The van der Waals surface area contributed by atoms with E-state index in [4.69, 9.17) is 17.3 Å². The van der Waals surface area contributed by atoms with Gasteiger partial charge in [-0.2, -0.15) is 0 Å². The molecule has 1 aromatic carbocycles. The van der Waals surface area contributed by atoms with Crippen molar-refractivity contribution in [1.29, 1.82) is 0 Å². The van der Waals surface area contributed by atoms with E-state index in [1.54, 1.807) is 18.3 Å². The van der Waals surface area contributed by atoms with Gasteiger partial charge in [-0.25, -0.2) is 4.39 Å². The van der Waals surface area contributed by atoms with Crippen molar-refractivity contribution in [1.82, 2.24) is 9.59 Å². The van der Waals surface area contributed by atoms with E-state index in [-0.39, 0.29) is 11.1 Å². The fourth-order valence-electron chi connectivity index (χ4n) is 1.38. The Morgan fingerprint density at radius 2 is 2.31 bits per heavy atom. The molecule has 3 nitrogen and oxygen atoms in total. The lowest BCUT2D eigenvalue weighted by molar-refractivity contribution is 0.595. The number of benzene rings is 1. The fraction of sp³-hybridized carbons (Fsp3) is 0.200. The average molecular weight is 258 g/mol. The largest absolute Gasteiger partial charge is 0.323 e. The Morgan fingerprint density at radius 1 is 1.50 bits per heavy atom. The summed E-state index contributed by atoms with van der Waals surface area (Å²) in [4.78, 5) is 0.833. The van der Waals surface area contributed by atoms with Gasteiger partial charge in [-0.1, -0.05) is 28.2 Å². The van der Waals surface area contributed by atoms with E-state index in [0.717, 1.165) is 4.88 Å². The molecule has 1 aromatic heterocycles. The third kappa shape index (κ3) is 2.37. The Kier molecular flexibility index (Phi) is 3.48. The minimum absolute atomic E-state index is 0.118. The maximum atomic E-state index is 13.6. The Labute approximate surface area is 101 Å². The molecule has 0 bridgehead atoms. The summed E-state index contributed by atoms with van der Waals surface area (Å²) in [5.41, 5.74) is 6.42. The van der Waals surface area contributed by atoms with Gasteiger partial charge in [0, 0.05) is 6.04 Å². The molecular weight excluding hydrogens is 249 g/mol. The Bertz CT molecular complexity index is 475. The summed E-state index contributed by atoms with van der Waals surface area (Å²) in [7, 11) is 0. The summed E-state index contributed by atoms with van der Waals surface area (Å²) in [5.74, 6) is -0.405. The van der Waals surface area contributed by atoms with Gasteiger partial charge in [0.05, 0.1) is 16.1 Å². The van der Waals surface area contributed by atoms with Gasteiger partial charge in [-0.05, 0) is 29.6 Å². The molecule has 0 amide bonds. The Balaban J connectivity index is 2.18. The highest BCUT2D eigenvalue weighted by Crippen LogP contribution is 2.23. The first kappa shape index (κ1) is 11.4. The summed E-state index contributed by atoms with van der Waals surface area (Å²) < 4.78 is 17.3. The predicted octanol–water partition coefficient (Wildman–Crippen LogP) is 2.57. The predicted molar refractivity (Wildman–Crippen MR) is 62.0 cm³/mol. The number of hydrogen-bond donors (Lipinski definition) is 1. The molecule has 2 aromatic rings. The molecule has 84 valence electrons. The van der Waals surface area contributed by atoms with Crippen LogP contribution in [0.2, 0.25) is 5.02 Å². The second kappa shape index (κ2) is 4.86. The lowest BCUT2D eigenvalue weighted by Crippen LogP contribution is -2.12. The third-order valence-corrected chi connectivity index (χ3v) is 3.30. The number of nitrogens with two attached hydrogens (primary N) is 1. The summed E-state index contributed by atoms with van der Waals surface area (Å²) in [5, 5.41) is 3.81.